The highest BCUT2D eigenvalue weighted by Gasteiger charge is 2.32. The van der Waals surface area contributed by atoms with Crippen LogP contribution in [0.3, 0.4) is 0 Å². The van der Waals surface area contributed by atoms with Gasteiger partial charge in [0.05, 0.1) is 0 Å². The molecule has 1 heterocycles. The van der Waals surface area contributed by atoms with Crippen molar-refractivity contribution in [2.24, 2.45) is 23.2 Å². The predicted molar refractivity (Wildman–Crippen MR) is 72.8 cm³/mol. The number of hydrogen-bond acceptors (Lipinski definition) is 1. The number of amides is 1. The van der Waals surface area contributed by atoms with Crippen LogP contribution in [0.25, 0.3) is 0 Å². The van der Waals surface area contributed by atoms with Gasteiger partial charge in [-0.25, -0.2) is 0 Å². The van der Waals surface area contributed by atoms with Crippen LogP contribution in [0.15, 0.2) is 0 Å². The van der Waals surface area contributed by atoms with Crippen LogP contribution >= 0.6 is 0 Å². The summed E-state index contributed by atoms with van der Waals surface area (Å²) in [5.41, 5.74) is 0.388. The fourth-order valence-corrected chi connectivity index (χ4v) is 2.54. The molecule has 2 heteroatoms. The van der Waals surface area contributed by atoms with Crippen molar-refractivity contribution in [2.45, 2.75) is 54.4 Å². The molecule has 1 aliphatic rings. The van der Waals surface area contributed by atoms with Gasteiger partial charge in [0.2, 0.25) is 5.91 Å². The smallest absolute Gasteiger partial charge is 0.225 e. The van der Waals surface area contributed by atoms with Gasteiger partial charge in [-0.15, -0.1) is 0 Å². The number of hydrogen-bond donors (Lipinski definition) is 0. The third-order valence-corrected chi connectivity index (χ3v) is 4.42. The molecule has 2 nitrogen and oxygen atoms in total. The van der Waals surface area contributed by atoms with E-state index < -0.39 is 0 Å². The zero-order valence-electron chi connectivity index (χ0n) is 12.4. The molecule has 0 saturated carbocycles. The molecule has 1 atom stereocenters. The summed E-state index contributed by atoms with van der Waals surface area (Å²) in [6.07, 6.45) is 2.33. The first-order valence-electron chi connectivity index (χ1n) is 7.02. The lowest BCUT2D eigenvalue weighted by atomic mass is 9.75. The van der Waals surface area contributed by atoms with Crippen molar-refractivity contribution >= 4 is 5.91 Å². The van der Waals surface area contributed by atoms with E-state index in [1.807, 2.05) is 0 Å². The number of piperidine rings is 1. The lowest BCUT2D eigenvalue weighted by molar-refractivity contribution is -0.138. The molecule has 0 N–H and O–H groups in total. The van der Waals surface area contributed by atoms with Crippen LogP contribution in [0.1, 0.15) is 54.4 Å². The molecule has 1 aliphatic heterocycles. The van der Waals surface area contributed by atoms with Crippen LogP contribution in [0.5, 0.6) is 0 Å². The summed E-state index contributed by atoms with van der Waals surface area (Å²) in [5, 5.41) is 0. The molecule has 0 radical (unpaired) electrons. The second kappa shape index (κ2) is 5.41. The standard InChI is InChI=1S/C15H29NO/c1-11(2)12(3)14(17)16-9-7-13(8-10-16)15(4,5)6/h11-13H,7-10H2,1-6H3/t12-/m0/s1. The summed E-state index contributed by atoms with van der Waals surface area (Å²) in [7, 11) is 0. The molecule has 0 aliphatic carbocycles. The minimum atomic E-state index is 0.168. The molecule has 0 aromatic heterocycles. The van der Waals surface area contributed by atoms with Crippen LogP contribution in [0, 0.1) is 23.2 Å². The van der Waals surface area contributed by atoms with Gasteiger partial charge >= 0.3 is 0 Å². The Morgan fingerprint density at radius 1 is 1.12 bits per heavy atom. The molecule has 0 bridgehead atoms. The maximum absolute atomic E-state index is 12.2. The van der Waals surface area contributed by atoms with E-state index in [1.165, 1.54) is 12.8 Å². The monoisotopic (exact) mass is 239 g/mol. The average Bonchev–Trinajstić information content (AvgIpc) is 2.26. The Morgan fingerprint density at radius 2 is 1.59 bits per heavy atom. The van der Waals surface area contributed by atoms with Gasteiger partial charge in [-0.2, -0.15) is 0 Å². The summed E-state index contributed by atoms with van der Waals surface area (Å²) in [6.45, 7) is 15.2. The van der Waals surface area contributed by atoms with Gasteiger partial charge in [-0.05, 0) is 30.1 Å². The number of carbonyl (C=O) groups excluding carboxylic acids is 1. The maximum Gasteiger partial charge on any atom is 0.225 e. The van der Waals surface area contributed by atoms with Crippen molar-refractivity contribution in [2.75, 3.05) is 13.1 Å². The second-order valence-electron chi connectivity index (χ2n) is 7.00. The Kier molecular flexibility index (Phi) is 4.62. The summed E-state index contributed by atoms with van der Waals surface area (Å²) in [6, 6.07) is 0. The molecule has 100 valence electrons. The van der Waals surface area contributed by atoms with Crippen LogP contribution in [-0.4, -0.2) is 23.9 Å². The molecular formula is C15H29NO. The largest absolute Gasteiger partial charge is 0.342 e. The third kappa shape index (κ3) is 3.72. The van der Waals surface area contributed by atoms with Gasteiger partial charge in [-0.1, -0.05) is 41.5 Å². The Balaban J connectivity index is 2.50. The van der Waals surface area contributed by atoms with E-state index in [2.05, 4.69) is 46.4 Å². The second-order valence-corrected chi connectivity index (χ2v) is 7.00. The predicted octanol–water partition coefficient (Wildman–Crippen LogP) is 3.56. The molecule has 0 unspecified atom stereocenters. The van der Waals surface area contributed by atoms with E-state index in [4.69, 9.17) is 0 Å². The summed E-state index contributed by atoms with van der Waals surface area (Å²) < 4.78 is 0. The van der Waals surface area contributed by atoms with Crippen LogP contribution in [-0.2, 0) is 4.79 Å². The fourth-order valence-electron chi connectivity index (χ4n) is 2.54. The zero-order valence-corrected chi connectivity index (χ0v) is 12.4. The van der Waals surface area contributed by atoms with Crippen molar-refractivity contribution in [3.8, 4) is 0 Å². The maximum atomic E-state index is 12.2. The van der Waals surface area contributed by atoms with Crippen molar-refractivity contribution in [1.82, 2.24) is 4.90 Å². The Hall–Kier alpha value is -0.530. The van der Waals surface area contributed by atoms with E-state index in [9.17, 15) is 4.79 Å². The Labute approximate surface area is 107 Å². The van der Waals surface area contributed by atoms with Gasteiger partial charge < -0.3 is 4.90 Å². The highest BCUT2D eigenvalue weighted by Crippen LogP contribution is 2.34. The average molecular weight is 239 g/mol. The minimum absolute atomic E-state index is 0.168. The first-order valence-corrected chi connectivity index (χ1v) is 7.02. The Morgan fingerprint density at radius 3 is 1.94 bits per heavy atom. The van der Waals surface area contributed by atoms with E-state index in [0.717, 1.165) is 19.0 Å². The van der Waals surface area contributed by atoms with Crippen molar-refractivity contribution < 1.29 is 4.79 Å². The first-order chi connectivity index (χ1) is 7.73. The van der Waals surface area contributed by atoms with Gasteiger partial charge in [-0.3, -0.25) is 4.79 Å². The van der Waals surface area contributed by atoms with Crippen LogP contribution in [0.2, 0.25) is 0 Å². The van der Waals surface area contributed by atoms with Gasteiger partial charge in [0, 0.05) is 19.0 Å². The highest BCUT2D eigenvalue weighted by molar-refractivity contribution is 5.78. The SMILES string of the molecule is CC(C)[C@H](C)C(=O)N1CCC(C(C)(C)C)CC1. The number of likely N-dealkylation sites (tertiary alicyclic amines) is 1. The molecule has 1 rings (SSSR count). The first kappa shape index (κ1) is 14.5. The van der Waals surface area contributed by atoms with Crippen molar-refractivity contribution in [1.29, 1.82) is 0 Å². The summed E-state index contributed by atoms with van der Waals surface area (Å²) in [4.78, 5) is 14.3. The normalized spacial score (nSPS) is 20.8. The number of nitrogens with zero attached hydrogens (tertiary/aromatic N) is 1. The van der Waals surface area contributed by atoms with E-state index >= 15 is 0 Å². The van der Waals surface area contributed by atoms with E-state index in [-0.39, 0.29) is 5.92 Å². The lowest BCUT2D eigenvalue weighted by Gasteiger charge is -2.39. The zero-order chi connectivity index (χ0) is 13.2. The van der Waals surface area contributed by atoms with Gasteiger partial charge in [0.15, 0.2) is 0 Å². The van der Waals surface area contributed by atoms with Crippen LogP contribution in [0.4, 0.5) is 0 Å². The Bertz CT molecular complexity index is 257. The lowest BCUT2D eigenvalue weighted by Crippen LogP contribution is -2.44. The molecule has 0 spiro atoms. The highest BCUT2D eigenvalue weighted by atomic mass is 16.2. The fraction of sp³-hybridized carbons (Fsp3) is 0.933. The molecule has 1 amide bonds. The molecule has 1 fully saturated rings. The molecule has 0 aromatic carbocycles. The number of carbonyl (C=O) groups is 1. The quantitative estimate of drug-likeness (QED) is 0.721. The third-order valence-electron chi connectivity index (χ3n) is 4.42. The van der Waals surface area contributed by atoms with E-state index in [0.29, 0.717) is 17.2 Å². The molecular weight excluding hydrogens is 210 g/mol. The van der Waals surface area contributed by atoms with E-state index in [1.54, 1.807) is 0 Å². The number of rotatable bonds is 2. The topological polar surface area (TPSA) is 20.3 Å². The van der Waals surface area contributed by atoms with Gasteiger partial charge in [0.1, 0.15) is 0 Å². The summed E-state index contributed by atoms with van der Waals surface area (Å²) >= 11 is 0. The van der Waals surface area contributed by atoms with Crippen molar-refractivity contribution in [3.63, 3.8) is 0 Å². The molecule has 0 aromatic rings. The van der Waals surface area contributed by atoms with Crippen molar-refractivity contribution in [3.05, 3.63) is 0 Å². The molecule has 1 saturated heterocycles. The summed E-state index contributed by atoms with van der Waals surface area (Å²) in [5.74, 6) is 1.73. The molecule has 17 heavy (non-hydrogen) atoms. The minimum Gasteiger partial charge on any atom is -0.342 e. The van der Waals surface area contributed by atoms with Gasteiger partial charge in [0.25, 0.3) is 0 Å². The van der Waals surface area contributed by atoms with Crippen LogP contribution < -0.4 is 0 Å².